The molecule has 0 saturated carbocycles. The Kier molecular flexibility index (Phi) is 6.52. The van der Waals surface area contributed by atoms with Crippen molar-refractivity contribution < 1.29 is 36.7 Å². The number of amides is 1. The van der Waals surface area contributed by atoms with Gasteiger partial charge in [0, 0.05) is 6.20 Å². The summed E-state index contributed by atoms with van der Waals surface area (Å²) < 4.78 is 65.6. The number of anilines is 2. The first-order chi connectivity index (χ1) is 12.6. The lowest BCUT2D eigenvalue weighted by atomic mass is 10.1. The number of hydroxylamine groups is 1. The van der Waals surface area contributed by atoms with Gasteiger partial charge in [-0.2, -0.15) is 13.2 Å². The van der Waals surface area contributed by atoms with Gasteiger partial charge in [0.25, 0.3) is 5.91 Å². The van der Waals surface area contributed by atoms with E-state index in [-0.39, 0.29) is 6.61 Å². The maximum Gasteiger partial charge on any atom is 0.417 e. The first kappa shape index (κ1) is 20.8. The van der Waals surface area contributed by atoms with Crippen molar-refractivity contribution in [2.24, 2.45) is 0 Å². The molecule has 0 atom stereocenters. The number of aromatic nitrogens is 1. The largest absolute Gasteiger partial charge is 0.417 e. The number of nitrogens with one attached hydrogen (secondary N) is 2. The quantitative estimate of drug-likeness (QED) is 0.385. The molecule has 0 aliphatic heterocycles. The molecule has 1 aromatic carbocycles. The van der Waals surface area contributed by atoms with Crippen LogP contribution in [0.3, 0.4) is 0 Å². The minimum atomic E-state index is -4.70. The highest BCUT2D eigenvalue weighted by Crippen LogP contribution is 2.34. The Bertz CT molecular complexity index is 848. The molecule has 6 nitrogen and oxygen atoms in total. The molecule has 1 amide bonds. The number of benzene rings is 1. The number of aliphatic hydroxyl groups is 1. The fourth-order valence-electron chi connectivity index (χ4n) is 1.88. The van der Waals surface area contributed by atoms with E-state index in [1.807, 2.05) is 5.48 Å². The van der Waals surface area contributed by atoms with E-state index in [1.165, 1.54) is 0 Å². The molecule has 0 saturated heterocycles. The van der Waals surface area contributed by atoms with Crippen LogP contribution in [0.2, 0.25) is 5.02 Å². The van der Waals surface area contributed by atoms with E-state index in [1.54, 1.807) is 0 Å². The standard InChI is InChI=1S/C15H11ClF5N3O3/c16-9-5-7(15(19,20)21)6-22-13(9)23-12-8(1-2-10(17)11(12)18)14(26)24-27-4-3-25/h1-2,5-6,25H,3-4H2,(H,22,23)(H,24,26). The Labute approximate surface area is 153 Å². The molecule has 12 heteroatoms. The van der Waals surface area contributed by atoms with Gasteiger partial charge in [-0.15, -0.1) is 0 Å². The van der Waals surface area contributed by atoms with Crippen LogP contribution in [0.5, 0.6) is 0 Å². The predicted molar refractivity (Wildman–Crippen MR) is 84.4 cm³/mol. The SMILES string of the molecule is O=C(NOCCO)c1ccc(F)c(F)c1Nc1ncc(C(F)(F)F)cc1Cl. The van der Waals surface area contributed by atoms with Gasteiger partial charge >= 0.3 is 6.18 Å². The first-order valence-electron chi connectivity index (χ1n) is 7.16. The molecule has 0 radical (unpaired) electrons. The average Bonchev–Trinajstić information content (AvgIpc) is 2.59. The normalized spacial score (nSPS) is 11.4. The zero-order valence-corrected chi connectivity index (χ0v) is 14.0. The highest BCUT2D eigenvalue weighted by atomic mass is 35.5. The summed E-state index contributed by atoms with van der Waals surface area (Å²) in [4.78, 5) is 20.0. The maximum absolute atomic E-state index is 14.1. The van der Waals surface area contributed by atoms with Crippen molar-refractivity contribution in [3.05, 3.63) is 52.2 Å². The van der Waals surface area contributed by atoms with Crippen LogP contribution in [0.1, 0.15) is 15.9 Å². The number of alkyl halides is 3. The zero-order valence-electron chi connectivity index (χ0n) is 13.2. The average molecular weight is 412 g/mol. The molecule has 2 rings (SSSR count). The summed E-state index contributed by atoms with van der Waals surface area (Å²) >= 11 is 5.72. The fourth-order valence-corrected chi connectivity index (χ4v) is 2.10. The number of hydrogen-bond donors (Lipinski definition) is 3. The first-order valence-corrected chi connectivity index (χ1v) is 7.53. The molecule has 3 N–H and O–H groups in total. The fraction of sp³-hybridized carbons (Fsp3) is 0.200. The number of rotatable bonds is 6. The van der Waals surface area contributed by atoms with Crippen molar-refractivity contribution >= 4 is 29.0 Å². The van der Waals surface area contributed by atoms with Crippen LogP contribution in [0.25, 0.3) is 0 Å². The monoisotopic (exact) mass is 411 g/mol. The smallest absolute Gasteiger partial charge is 0.394 e. The molecule has 1 aromatic heterocycles. The third-order valence-electron chi connectivity index (χ3n) is 3.11. The van der Waals surface area contributed by atoms with Crippen molar-refractivity contribution in [2.75, 3.05) is 18.5 Å². The van der Waals surface area contributed by atoms with Crippen LogP contribution >= 0.6 is 11.6 Å². The summed E-state index contributed by atoms with van der Waals surface area (Å²) in [7, 11) is 0. The van der Waals surface area contributed by atoms with Crippen LogP contribution < -0.4 is 10.8 Å². The van der Waals surface area contributed by atoms with Crippen LogP contribution in [0.15, 0.2) is 24.4 Å². The van der Waals surface area contributed by atoms with Gasteiger partial charge < -0.3 is 10.4 Å². The van der Waals surface area contributed by atoms with Gasteiger partial charge in [-0.1, -0.05) is 11.6 Å². The molecule has 0 fully saturated rings. The van der Waals surface area contributed by atoms with Crippen molar-refractivity contribution in [3.63, 3.8) is 0 Å². The Morgan fingerprint density at radius 1 is 1.30 bits per heavy atom. The Morgan fingerprint density at radius 2 is 2.00 bits per heavy atom. The van der Waals surface area contributed by atoms with Crippen LogP contribution in [-0.2, 0) is 11.0 Å². The molecule has 27 heavy (non-hydrogen) atoms. The molecule has 0 aliphatic carbocycles. The van der Waals surface area contributed by atoms with E-state index in [2.05, 4.69) is 15.1 Å². The third kappa shape index (κ3) is 5.02. The van der Waals surface area contributed by atoms with E-state index >= 15 is 0 Å². The molecule has 0 bridgehead atoms. The van der Waals surface area contributed by atoms with Crippen molar-refractivity contribution in [3.8, 4) is 0 Å². The molecule has 0 aliphatic rings. The van der Waals surface area contributed by atoms with Crippen molar-refractivity contribution in [1.29, 1.82) is 0 Å². The second-order valence-electron chi connectivity index (χ2n) is 4.96. The Morgan fingerprint density at radius 3 is 2.59 bits per heavy atom. The van der Waals surface area contributed by atoms with Gasteiger partial charge in [-0.05, 0) is 18.2 Å². The second kappa shape index (κ2) is 8.46. The van der Waals surface area contributed by atoms with Gasteiger partial charge in [0.05, 0.1) is 35.1 Å². The Balaban J connectivity index is 2.38. The molecule has 2 aromatic rings. The summed E-state index contributed by atoms with van der Waals surface area (Å²) in [6.45, 7) is -0.668. The van der Waals surface area contributed by atoms with Crippen LogP contribution in [-0.4, -0.2) is 29.2 Å². The summed E-state index contributed by atoms with van der Waals surface area (Å²) in [6.07, 6.45) is -4.26. The lowest BCUT2D eigenvalue weighted by Crippen LogP contribution is -2.26. The number of halogens is 6. The minimum absolute atomic E-state index is 0.259. The van der Waals surface area contributed by atoms with Gasteiger partial charge in [0.2, 0.25) is 0 Å². The highest BCUT2D eigenvalue weighted by molar-refractivity contribution is 6.33. The lowest BCUT2D eigenvalue weighted by Gasteiger charge is -2.15. The summed E-state index contributed by atoms with van der Waals surface area (Å²) in [6, 6.07) is 2.12. The van der Waals surface area contributed by atoms with Gasteiger partial charge in [0.1, 0.15) is 5.82 Å². The van der Waals surface area contributed by atoms with Crippen LogP contribution in [0.4, 0.5) is 33.5 Å². The highest BCUT2D eigenvalue weighted by Gasteiger charge is 2.32. The summed E-state index contributed by atoms with van der Waals surface area (Å²) in [5, 5.41) is 10.3. The van der Waals surface area contributed by atoms with E-state index in [0.717, 1.165) is 6.07 Å². The molecular formula is C15H11ClF5N3O3. The third-order valence-corrected chi connectivity index (χ3v) is 3.40. The van der Waals surface area contributed by atoms with E-state index in [4.69, 9.17) is 16.7 Å². The van der Waals surface area contributed by atoms with Gasteiger partial charge in [-0.25, -0.2) is 19.2 Å². The van der Waals surface area contributed by atoms with Crippen LogP contribution in [0, 0.1) is 11.6 Å². The van der Waals surface area contributed by atoms with E-state index < -0.39 is 58.0 Å². The van der Waals surface area contributed by atoms with Gasteiger partial charge in [0.15, 0.2) is 11.6 Å². The second-order valence-corrected chi connectivity index (χ2v) is 5.37. The summed E-state index contributed by atoms with van der Waals surface area (Å²) in [5.41, 5.74) is -0.413. The number of carbonyl (C=O) groups is 1. The molecule has 1 heterocycles. The van der Waals surface area contributed by atoms with E-state index in [0.29, 0.717) is 18.3 Å². The number of nitrogens with zero attached hydrogens (tertiary/aromatic N) is 1. The van der Waals surface area contributed by atoms with Gasteiger partial charge in [-0.3, -0.25) is 9.63 Å². The van der Waals surface area contributed by atoms with E-state index in [9.17, 15) is 26.7 Å². The van der Waals surface area contributed by atoms with Crippen molar-refractivity contribution in [2.45, 2.75) is 6.18 Å². The molecular weight excluding hydrogens is 401 g/mol. The predicted octanol–water partition coefficient (Wildman–Crippen LogP) is 3.43. The maximum atomic E-state index is 14.1. The number of aliphatic hydroxyl groups excluding tert-OH is 1. The Hall–Kier alpha value is -2.50. The molecule has 0 spiro atoms. The summed E-state index contributed by atoms with van der Waals surface area (Å²) in [5.74, 6) is -4.25. The topological polar surface area (TPSA) is 83.5 Å². The number of pyridine rings is 1. The molecule has 0 unspecified atom stereocenters. The zero-order chi connectivity index (χ0) is 20.2. The lowest BCUT2D eigenvalue weighted by molar-refractivity contribution is -0.137. The number of hydrogen-bond acceptors (Lipinski definition) is 5. The number of carbonyl (C=O) groups excluding carboxylic acids is 1. The van der Waals surface area contributed by atoms with Crippen molar-refractivity contribution in [1.82, 2.24) is 10.5 Å². The molecule has 146 valence electrons. The minimum Gasteiger partial charge on any atom is -0.394 e.